The molecule has 2 aliphatic rings. The molecule has 1 spiro atoms. The Balaban J connectivity index is 1.65. The summed E-state index contributed by atoms with van der Waals surface area (Å²) in [5.41, 5.74) is 0.960. The lowest BCUT2D eigenvalue weighted by Gasteiger charge is -2.54. The number of rotatable bonds is 1. The van der Waals surface area contributed by atoms with E-state index in [2.05, 4.69) is 20.8 Å². The maximum Gasteiger partial charge on any atom is 0.219 e. The molecule has 0 radical (unpaired) electrons. The summed E-state index contributed by atoms with van der Waals surface area (Å²) in [6.07, 6.45) is 2.06. The molecule has 2 saturated heterocycles. The molecule has 0 bridgehead atoms. The van der Waals surface area contributed by atoms with Crippen molar-refractivity contribution in [1.29, 1.82) is 0 Å². The van der Waals surface area contributed by atoms with Gasteiger partial charge in [0, 0.05) is 38.5 Å². The summed E-state index contributed by atoms with van der Waals surface area (Å²) in [7, 11) is 0. The molecule has 5 heteroatoms. The van der Waals surface area contributed by atoms with Crippen LogP contribution in [0.15, 0.2) is 22.7 Å². The van der Waals surface area contributed by atoms with Crippen LogP contribution in [-0.2, 0) is 4.79 Å². The minimum atomic E-state index is -0.178. The van der Waals surface area contributed by atoms with Gasteiger partial charge in [0.25, 0.3) is 0 Å². The fourth-order valence-electron chi connectivity index (χ4n) is 3.26. The van der Waals surface area contributed by atoms with Gasteiger partial charge in [0.15, 0.2) is 5.82 Å². The lowest BCUT2D eigenvalue weighted by atomic mass is 9.72. The Bertz CT molecular complexity index is 533. The summed E-state index contributed by atoms with van der Waals surface area (Å²) < 4.78 is 14.6. The van der Waals surface area contributed by atoms with Gasteiger partial charge in [0.05, 0.1) is 10.2 Å². The van der Waals surface area contributed by atoms with Gasteiger partial charge in [-0.25, -0.2) is 4.39 Å². The van der Waals surface area contributed by atoms with Crippen molar-refractivity contribution in [3.05, 3.63) is 28.5 Å². The Morgan fingerprint density at radius 3 is 2.55 bits per heavy atom. The molecule has 0 aromatic heterocycles. The number of halogens is 2. The molecular weight excluding hydrogens is 323 g/mol. The molecule has 2 heterocycles. The summed E-state index contributed by atoms with van der Waals surface area (Å²) in [6, 6.07) is 5.43. The number of carbonyl (C=O) groups is 1. The second kappa shape index (κ2) is 5.02. The number of nitrogens with zero attached hydrogens (tertiary/aromatic N) is 2. The van der Waals surface area contributed by atoms with Crippen LogP contribution in [0.1, 0.15) is 19.8 Å². The number of amides is 1. The molecule has 1 aromatic rings. The van der Waals surface area contributed by atoms with E-state index in [0.29, 0.717) is 10.2 Å². The van der Waals surface area contributed by atoms with E-state index in [-0.39, 0.29) is 17.1 Å². The number of hydrogen-bond acceptors (Lipinski definition) is 2. The minimum absolute atomic E-state index is 0.163. The third-order valence-electron chi connectivity index (χ3n) is 4.59. The normalized spacial score (nSPS) is 20.9. The first-order chi connectivity index (χ1) is 9.51. The van der Waals surface area contributed by atoms with Crippen molar-refractivity contribution in [3.8, 4) is 0 Å². The highest BCUT2D eigenvalue weighted by Crippen LogP contribution is 2.41. The van der Waals surface area contributed by atoms with Crippen LogP contribution in [0.3, 0.4) is 0 Å². The Labute approximate surface area is 126 Å². The first-order valence-corrected chi connectivity index (χ1v) is 7.75. The van der Waals surface area contributed by atoms with E-state index in [1.807, 2.05) is 17.0 Å². The summed E-state index contributed by atoms with van der Waals surface area (Å²) in [5, 5.41) is 0. The van der Waals surface area contributed by atoms with Gasteiger partial charge in [-0.2, -0.15) is 0 Å². The number of likely N-dealkylation sites (tertiary alicyclic amines) is 1. The molecule has 20 heavy (non-hydrogen) atoms. The molecule has 0 N–H and O–H groups in total. The largest absolute Gasteiger partial charge is 0.369 e. The average Bonchev–Trinajstić information content (AvgIpc) is 2.39. The van der Waals surface area contributed by atoms with E-state index >= 15 is 0 Å². The molecule has 1 amide bonds. The number of piperidine rings is 1. The summed E-state index contributed by atoms with van der Waals surface area (Å²) >= 11 is 3.24. The van der Waals surface area contributed by atoms with E-state index in [0.717, 1.165) is 39.0 Å². The van der Waals surface area contributed by atoms with Crippen molar-refractivity contribution >= 4 is 27.5 Å². The number of benzene rings is 1. The summed E-state index contributed by atoms with van der Waals surface area (Å²) in [5.74, 6) is -0.0153. The fourth-order valence-corrected chi connectivity index (χ4v) is 3.62. The van der Waals surface area contributed by atoms with Crippen LogP contribution in [0, 0.1) is 11.2 Å². The van der Waals surface area contributed by atoms with E-state index in [1.54, 1.807) is 13.0 Å². The lowest BCUT2D eigenvalue weighted by molar-refractivity contribution is -0.142. The first-order valence-electron chi connectivity index (χ1n) is 6.95. The van der Waals surface area contributed by atoms with Crippen molar-refractivity contribution in [3.63, 3.8) is 0 Å². The monoisotopic (exact) mass is 340 g/mol. The van der Waals surface area contributed by atoms with E-state index in [1.165, 1.54) is 0 Å². The van der Waals surface area contributed by atoms with Gasteiger partial charge in [-0.05, 0) is 40.9 Å². The predicted octanol–water partition coefficient (Wildman–Crippen LogP) is 3.04. The summed E-state index contributed by atoms with van der Waals surface area (Å²) in [6.45, 7) is 5.09. The van der Waals surface area contributed by atoms with Gasteiger partial charge in [-0.3, -0.25) is 4.79 Å². The van der Waals surface area contributed by atoms with E-state index < -0.39 is 0 Å². The van der Waals surface area contributed by atoms with Gasteiger partial charge in [-0.1, -0.05) is 6.07 Å². The van der Waals surface area contributed by atoms with Gasteiger partial charge >= 0.3 is 0 Å². The molecule has 108 valence electrons. The SMILES string of the molecule is CC(=O)N1CC2(CCN(c3cccc(Br)c3F)CC2)C1. The van der Waals surface area contributed by atoms with Crippen molar-refractivity contribution in [1.82, 2.24) is 4.90 Å². The molecule has 1 aromatic carbocycles. The van der Waals surface area contributed by atoms with Crippen LogP contribution in [-0.4, -0.2) is 37.0 Å². The third kappa shape index (κ3) is 2.32. The quantitative estimate of drug-likeness (QED) is 0.784. The molecule has 0 saturated carbocycles. The zero-order valence-electron chi connectivity index (χ0n) is 11.5. The molecule has 0 atom stereocenters. The molecule has 0 aliphatic carbocycles. The highest BCUT2D eigenvalue weighted by atomic mass is 79.9. The van der Waals surface area contributed by atoms with Crippen LogP contribution in [0.25, 0.3) is 0 Å². The van der Waals surface area contributed by atoms with Crippen LogP contribution >= 0.6 is 15.9 Å². The van der Waals surface area contributed by atoms with Crippen molar-refractivity contribution < 1.29 is 9.18 Å². The van der Waals surface area contributed by atoms with Gasteiger partial charge in [0.2, 0.25) is 5.91 Å². The third-order valence-corrected chi connectivity index (χ3v) is 5.21. The number of carbonyl (C=O) groups excluding carboxylic acids is 1. The highest BCUT2D eigenvalue weighted by Gasteiger charge is 2.45. The molecule has 3 nitrogen and oxygen atoms in total. The lowest BCUT2D eigenvalue weighted by Crippen LogP contribution is -2.61. The second-order valence-electron chi connectivity index (χ2n) is 5.94. The second-order valence-corrected chi connectivity index (χ2v) is 6.79. The first kappa shape index (κ1) is 13.9. The number of anilines is 1. The highest BCUT2D eigenvalue weighted by molar-refractivity contribution is 9.10. The van der Waals surface area contributed by atoms with E-state index in [9.17, 15) is 9.18 Å². The predicted molar refractivity (Wildman–Crippen MR) is 80.2 cm³/mol. The Kier molecular flexibility index (Phi) is 3.48. The topological polar surface area (TPSA) is 23.6 Å². The van der Waals surface area contributed by atoms with Crippen LogP contribution in [0.5, 0.6) is 0 Å². The standard InChI is InChI=1S/C15H18BrFN2O/c1-11(20)19-9-15(10-19)5-7-18(8-6-15)13-4-2-3-12(16)14(13)17/h2-4H,5-10H2,1H3. The Morgan fingerprint density at radius 1 is 1.30 bits per heavy atom. The van der Waals surface area contributed by atoms with Crippen LogP contribution in [0.4, 0.5) is 10.1 Å². The maximum atomic E-state index is 14.1. The van der Waals surface area contributed by atoms with Gasteiger partial charge in [0.1, 0.15) is 0 Å². The van der Waals surface area contributed by atoms with Crippen LogP contribution < -0.4 is 4.90 Å². The average molecular weight is 341 g/mol. The summed E-state index contributed by atoms with van der Waals surface area (Å²) in [4.78, 5) is 15.3. The number of hydrogen-bond donors (Lipinski definition) is 0. The maximum absolute atomic E-state index is 14.1. The Hall–Kier alpha value is -1.10. The van der Waals surface area contributed by atoms with Crippen molar-refractivity contribution in [2.75, 3.05) is 31.1 Å². The fraction of sp³-hybridized carbons (Fsp3) is 0.533. The smallest absolute Gasteiger partial charge is 0.219 e. The molecular formula is C15H18BrFN2O. The van der Waals surface area contributed by atoms with Gasteiger partial charge < -0.3 is 9.80 Å². The minimum Gasteiger partial charge on any atom is -0.369 e. The van der Waals surface area contributed by atoms with Crippen LogP contribution in [0.2, 0.25) is 0 Å². The zero-order valence-corrected chi connectivity index (χ0v) is 13.1. The van der Waals surface area contributed by atoms with E-state index in [4.69, 9.17) is 0 Å². The van der Waals surface area contributed by atoms with Crippen molar-refractivity contribution in [2.45, 2.75) is 19.8 Å². The molecule has 2 aliphatic heterocycles. The molecule has 3 rings (SSSR count). The molecule has 2 fully saturated rings. The van der Waals surface area contributed by atoms with Crippen molar-refractivity contribution in [2.24, 2.45) is 5.41 Å². The Morgan fingerprint density at radius 2 is 1.95 bits per heavy atom. The van der Waals surface area contributed by atoms with Gasteiger partial charge in [-0.15, -0.1) is 0 Å². The zero-order chi connectivity index (χ0) is 14.3. The molecule has 0 unspecified atom stereocenters.